The highest BCUT2D eigenvalue weighted by molar-refractivity contribution is 5.43. The highest BCUT2D eigenvalue weighted by Gasteiger charge is 2.10. The molecule has 19 heavy (non-hydrogen) atoms. The Kier molecular flexibility index (Phi) is 4.15. The van der Waals surface area contributed by atoms with E-state index in [4.69, 9.17) is 9.15 Å². The minimum absolute atomic E-state index is 0.0564. The van der Waals surface area contributed by atoms with Gasteiger partial charge in [-0.05, 0) is 12.1 Å². The number of hydrogen-bond acceptors (Lipinski definition) is 5. The van der Waals surface area contributed by atoms with Gasteiger partial charge in [0.2, 0.25) is 0 Å². The first kappa shape index (κ1) is 13.1. The number of furan rings is 1. The molecule has 6 heteroatoms. The van der Waals surface area contributed by atoms with Crippen molar-refractivity contribution in [3.05, 3.63) is 58.0 Å². The zero-order chi connectivity index (χ0) is 13.7. The standard InChI is InChI=1S/C13H14N2O4/c1-18-13-3-2-12(15(16)17)6-11(13)8-14-7-10-4-5-19-9-10/h2-6,9,14H,7-8H2,1H3. The molecule has 1 aromatic heterocycles. The summed E-state index contributed by atoms with van der Waals surface area (Å²) in [4.78, 5) is 10.3. The van der Waals surface area contributed by atoms with Crippen molar-refractivity contribution in [1.82, 2.24) is 5.32 Å². The molecule has 0 atom stereocenters. The average molecular weight is 262 g/mol. The van der Waals surface area contributed by atoms with Gasteiger partial charge in [0.25, 0.3) is 5.69 Å². The van der Waals surface area contributed by atoms with E-state index in [1.54, 1.807) is 25.7 Å². The lowest BCUT2D eigenvalue weighted by Gasteiger charge is -2.09. The third kappa shape index (κ3) is 3.32. The summed E-state index contributed by atoms with van der Waals surface area (Å²) in [5, 5.41) is 13.9. The summed E-state index contributed by atoms with van der Waals surface area (Å²) < 4.78 is 10.1. The molecular weight excluding hydrogens is 248 g/mol. The molecule has 1 N–H and O–H groups in total. The Labute approximate surface area is 110 Å². The molecule has 6 nitrogen and oxygen atoms in total. The van der Waals surface area contributed by atoms with Crippen molar-refractivity contribution in [2.24, 2.45) is 0 Å². The first-order valence-corrected chi connectivity index (χ1v) is 5.74. The van der Waals surface area contributed by atoms with Crippen molar-refractivity contribution in [2.45, 2.75) is 13.1 Å². The first-order valence-electron chi connectivity index (χ1n) is 5.74. The van der Waals surface area contributed by atoms with Crippen LogP contribution in [0.4, 0.5) is 5.69 Å². The number of ether oxygens (including phenoxy) is 1. The fourth-order valence-electron chi connectivity index (χ4n) is 1.75. The minimum atomic E-state index is -0.418. The van der Waals surface area contributed by atoms with Crippen LogP contribution in [0.5, 0.6) is 5.75 Å². The first-order chi connectivity index (χ1) is 9.20. The molecule has 0 amide bonds. The van der Waals surface area contributed by atoms with Crippen LogP contribution < -0.4 is 10.1 Å². The Hall–Kier alpha value is -2.34. The van der Waals surface area contributed by atoms with E-state index in [1.165, 1.54) is 12.1 Å². The van der Waals surface area contributed by atoms with Gasteiger partial charge in [-0.2, -0.15) is 0 Å². The smallest absolute Gasteiger partial charge is 0.270 e. The monoisotopic (exact) mass is 262 g/mol. The van der Waals surface area contributed by atoms with Crippen LogP contribution in [0.15, 0.2) is 41.2 Å². The summed E-state index contributed by atoms with van der Waals surface area (Å²) in [7, 11) is 1.54. The zero-order valence-corrected chi connectivity index (χ0v) is 10.5. The maximum Gasteiger partial charge on any atom is 0.270 e. The molecule has 2 aromatic rings. The number of benzene rings is 1. The number of nitro benzene ring substituents is 1. The van der Waals surface area contributed by atoms with E-state index in [2.05, 4.69) is 5.32 Å². The molecule has 0 unspecified atom stereocenters. The summed E-state index contributed by atoms with van der Waals surface area (Å²) in [6.07, 6.45) is 3.25. The van der Waals surface area contributed by atoms with Gasteiger partial charge in [-0.3, -0.25) is 10.1 Å². The van der Waals surface area contributed by atoms with Crippen LogP contribution in [-0.2, 0) is 13.1 Å². The van der Waals surface area contributed by atoms with Gasteiger partial charge < -0.3 is 14.5 Å². The van der Waals surface area contributed by atoms with Gasteiger partial charge in [0.15, 0.2) is 0 Å². The number of rotatable bonds is 6. The summed E-state index contributed by atoms with van der Waals surface area (Å²) in [6, 6.07) is 6.41. The quantitative estimate of drug-likeness (QED) is 0.639. The van der Waals surface area contributed by atoms with Crippen molar-refractivity contribution in [2.75, 3.05) is 7.11 Å². The second kappa shape index (κ2) is 6.01. The van der Waals surface area contributed by atoms with Gasteiger partial charge in [-0.25, -0.2) is 0 Å². The molecule has 0 saturated heterocycles. The number of methoxy groups -OCH3 is 1. The zero-order valence-electron chi connectivity index (χ0n) is 10.5. The van der Waals surface area contributed by atoms with Gasteiger partial charge in [0.05, 0.1) is 24.6 Å². The lowest BCUT2D eigenvalue weighted by molar-refractivity contribution is -0.384. The van der Waals surface area contributed by atoms with Crippen molar-refractivity contribution in [1.29, 1.82) is 0 Å². The van der Waals surface area contributed by atoms with Crippen molar-refractivity contribution in [3.63, 3.8) is 0 Å². The lowest BCUT2D eigenvalue weighted by Crippen LogP contribution is -2.13. The molecule has 2 rings (SSSR count). The van der Waals surface area contributed by atoms with Crippen LogP contribution in [0, 0.1) is 10.1 Å². The second-order valence-corrected chi connectivity index (χ2v) is 3.99. The largest absolute Gasteiger partial charge is 0.496 e. The number of nitrogens with zero attached hydrogens (tertiary/aromatic N) is 1. The predicted molar refractivity (Wildman–Crippen MR) is 68.9 cm³/mol. The number of non-ortho nitro benzene ring substituents is 1. The van der Waals surface area contributed by atoms with E-state index in [-0.39, 0.29) is 5.69 Å². The van der Waals surface area contributed by atoms with Crippen LogP contribution in [0.25, 0.3) is 0 Å². The molecule has 0 bridgehead atoms. The summed E-state index contributed by atoms with van der Waals surface area (Å²) in [5.41, 5.74) is 1.82. The third-order valence-corrected chi connectivity index (χ3v) is 2.70. The molecule has 1 heterocycles. The maximum atomic E-state index is 10.7. The van der Waals surface area contributed by atoms with Crippen molar-refractivity contribution in [3.8, 4) is 5.75 Å². The van der Waals surface area contributed by atoms with Gasteiger partial charge in [0.1, 0.15) is 5.75 Å². The van der Waals surface area contributed by atoms with Crippen molar-refractivity contribution < 1.29 is 14.1 Å². The number of hydrogen-bond donors (Lipinski definition) is 1. The molecule has 0 spiro atoms. The molecule has 0 aliphatic carbocycles. The lowest BCUT2D eigenvalue weighted by atomic mass is 10.1. The Morgan fingerprint density at radius 3 is 2.84 bits per heavy atom. The molecule has 1 aromatic carbocycles. The third-order valence-electron chi connectivity index (χ3n) is 2.70. The van der Waals surface area contributed by atoms with E-state index >= 15 is 0 Å². The molecule has 0 radical (unpaired) electrons. The van der Waals surface area contributed by atoms with E-state index in [9.17, 15) is 10.1 Å². The van der Waals surface area contributed by atoms with Gasteiger partial charge >= 0.3 is 0 Å². The molecule has 0 aliphatic rings. The topological polar surface area (TPSA) is 77.5 Å². The molecule has 0 saturated carbocycles. The van der Waals surface area contributed by atoms with Crippen LogP contribution in [-0.4, -0.2) is 12.0 Å². The van der Waals surface area contributed by atoms with Crippen LogP contribution in [0.1, 0.15) is 11.1 Å². The predicted octanol–water partition coefficient (Wildman–Crippen LogP) is 2.49. The van der Waals surface area contributed by atoms with Crippen LogP contribution >= 0.6 is 0 Å². The van der Waals surface area contributed by atoms with Crippen LogP contribution in [0.2, 0.25) is 0 Å². The van der Waals surface area contributed by atoms with E-state index in [0.717, 1.165) is 11.1 Å². The van der Waals surface area contributed by atoms with Crippen molar-refractivity contribution >= 4 is 5.69 Å². The van der Waals surface area contributed by atoms with Gasteiger partial charge in [-0.15, -0.1) is 0 Å². The van der Waals surface area contributed by atoms with Crippen LogP contribution in [0.3, 0.4) is 0 Å². The summed E-state index contributed by atoms with van der Waals surface area (Å²) >= 11 is 0. The fourth-order valence-corrected chi connectivity index (χ4v) is 1.75. The Balaban J connectivity index is 2.04. The molecule has 100 valence electrons. The normalized spacial score (nSPS) is 10.4. The molecule has 0 fully saturated rings. The maximum absolute atomic E-state index is 10.7. The summed E-state index contributed by atoms with van der Waals surface area (Å²) in [5.74, 6) is 0.630. The van der Waals surface area contributed by atoms with E-state index in [1.807, 2.05) is 6.07 Å². The Bertz CT molecular complexity index is 552. The SMILES string of the molecule is COc1ccc([N+](=O)[O-])cc1CNCc1ccoc1. The minimum Gasteiger partial charge on any atom is -0.496 e. The highest BCUT2D eigenvalue weighted by Crippen LogP contribution is 2.23. The van der Waals surface area contributed by atoms with Gasteiger partial charge in [-0.1, -0.05) is 0 Å². The highest BCUT2D eigenvalue weighted by atomic mass is 16.6. The molecular formula is C13H14N2O4. The van der Waals surface area contributed by atoms with Gasteiger partial charge in [0, 0.05) is 36.3 Å². The Morgan fingerprint density at radius 2 is 2.21 bits per heavy atom. The molecule has 0 aliphatic heterocycles. The fraction of sp³-hybridized carbons (Fsp3) is 0.231. The van der Waals surface area contributed by atoms with E-state index < -0.39 is 4.92 Å². The Morgan fingerprint density at radius 1 is 1.37 bits per heavy atom. The summed E-state index contributed by atoms with van der Waals surface area (Å²) in [6.45, 7) is 1.11. The van der Waals surface area contributed by atoms with E-state index in [0.29, 0.717) is 18.8 Å². The number of nitro groups is 1. The average Bonchev–Trinajstić information content (AvgIpc) is 2.91. The number of nitrogens with one attached hydrogen (secondary N) is 1. The second-order valence-electron chi connectivity index (χ2n) is 3.99.